The third-order valence-electron chi connectivity index (χ3n) is 6.47. The second kappa shape index (κ2) is 9.05. The highest BCUT2D eigenvalue weighted by Crippen LogP contribution is 2.36. The van der Waals surface area contributed by atoms with E-state index in [1.54, 1.807) is 0 Å². The average molecular weight is 407 g/mol. The Kier molecular flexibility index (Phi) is 6.48. The molecule has 3 heterocycles. The van der Waals surface area contributed by atoms with E-state index in [0.29, 0.717) is 5.54 Å². The molecule has 8 heteroatoms. The van der Waals surface area contributed by atoms with Gasteiger partial charge in [0.2, 0.25) is 0 Å². The first kappa shape index (κ1) is 20.0. The summed E-state index contributed by atoms with van der Waals surface area (Å²) in [6, 6.07) is 0. The van der Waals surface area contributed by atoms with Crippen LogP contribution in [0.2, 0.25) is 0 Å². The van der Waals surface area contributed by atoms with Gasteiger partial charge in [0.25, 0.3) is 0 Å². The van der Waals surface area contributed by atoms with Crippen LogP contribution in [0.3, 0.4) is 0 Å². The van der Waals surface area contributed by atoms with Gasteiger partial charge in [0.15, 0.2) is 5.96 Å². The van der Waals surface area contributed by atoms with Gasteiger partial charge in [0, 0.05) is 69.1 Å². The molecule has 1 aromatic heterocycles. The van der Waals surface area contributed by atoms with E-state index in [9.17, 15) is 0 Å². The van der Waals surface area contributed by atoms with Gasteiger partial charge in [-0.3, -0.25) is 14.6 Å². The molecule has 1 N–H and O–H groups in total. The minimum absolute atomic E-state index is 0.0561. The van der Waals surface area contributed by atoms with Gasteiger partial charge < -0.3 is 15.0 Å². The Labute approximate surface area is 172 Å². The van der Waals surface area contributed by atoms with Gasteiger partial charge in [0.05, 0.1) is 19.3 Å². The predicted octanol–water partition coefficient (Wildman–Crippen LogP) is 1.73. The fraction of sp³-hybridized carbons (Fsp3) is 0.800. The van der Waals surface area contributed by atoms with Crippen molar-refractivity contribution in [2.45, 2.75) is 37.3 Å². The molecule has 0 amide bonds. The highest BCUT2D eigenvalue weighted by Gasteiger charge is 2.40. The van der Waals surface area contributed by atoms with Crippen molar-refractivity contribution in [1.29, 1.82) is 0 Å². The summed E-state index contributed by atoms with van der Waals surface area (Å²) in [6.07, 6.45) is 9.33. The predicted molar refractivity (Wildman–Crippen MR) is 115 cm³/mol. The van der Waals surface area contributed by atoms with Crippen LogP contribution in [0.25, 0.3) is 0 Å². The Balaban J connectivity index is 1.39. The van der Waals surface area contributed by atoms with Crippen LogP contribution in [0.15, 0.2) is 17.4 Å². The van der Waals surface area contributed by atoms with E-state index in [0.717, 1.165) is 37.8 Å². The fourth-order valence-corrected chi connectivity index (χ4v) is 5.80. The molecule has 3 aliphatic rings. The number of rotatable bonds is 4. The number of nitrogens with one attached hydrogen (secondary N) is 1. The van der Waals surface area contributed by atoms with E-state index in [-0.39, 0.29) is 6.10 Å². The van der Waals surface area contributed by atoms with Crippen LogP contribution in [0, 0.1) is 0 Å². The van der Waals surface area contributed by atoms with Crippen LogP contribution in [-0.2, 0) is 11.8 Å². The Morgan fingerprint density at radius 1 is 1.32 bits per heavy atom. The number of thioether (sulfide) groups is 1. The van der Waals surface area contributed by atoms with E-state index >= 15 is 0 Å². The number of morpholine rings is 1. The van der Waals surface area contributed by atoms with Crippen LogP contribution in [-0.4, -0.2) is 89.0 Å². The molecule has 156 valence electrons. The maximum Gasteiger partial charge on any atom is 0.193 e. The molecule has 2 saturated heterocycles. The Bertz CT molecular complexity index is 665. The molecule has 4 rings (SSSR count). The van der Waals surface area contributed by atoms with Crippen molar-refractivity contribution in [2.24, 2.45) is 12.0 Å². The van der Waals surface area contributed by atoms with Crippen molar-refractivity contribution in [2.75, 3.05) is 57.9 Å². The van der Waals surface area contributed by atoms with Crippen LogP contribution < -0.4 is 5.32 Å². The summed E-state index contributed by atoms with van der Waals surface area (Å²) in [6.45, 7) is 5.87. The highest BCUT2D eigenvalue weighted by atomic mass is 32.2. The lowest BCUT2D eigenvalue weighted by molar-refractivity contribution is -0.00839. The smallest absolute Gasteiger partial charge is 0.193 e. The molecule has 3 fully saturated rings. The summed E-state index contributed by atoms with van der Waals surface area (Å²) in [4.78, 5) is 9.72. The van der Waals surface area contributed by atoms with Crippen LogP contribution >= 0.6 is 11.8 Å². The minimum Gasteiger partial charge on any atom is -0.370 e. The fourth-order valence-electron chi connectivity index (χ4n) is 4.90. The van der Waals surface area contributed by atoms with Gasteiger partial charge in [-0.05, 0) is 12.8 Å². The number of aryl methyl sites for hydroxylation is 1. The van der Waals surface area contributed by atoms with Crippen molar-refractivity contribution in [1.82, 2.24) is 24.9 Å². The molecule has 0 spiro atoms. The first-order valence-corrected chi connectivity index (χ1v) is 11.7. The summed E-state index contributed by atoms with van der Waals surface area (Å²) >= 11 is 2.09. The van der Waals surface area contributed by atoms with Crippen molar-refractivity contribution in [3.8, 4) is 0 Å². The van der Waals surface area contributed by atoms with Gasteiger partial charge >= 0.3 is 0 Å². The van der Waals surface area contributed by atoms with Crippen molar-refractivity contribution in [3.63, 3.8) is 0 Å². The van der Waals surface area contributed by atoms with Crippen LogP contribution in [0.1, 0.15) is 37.4 Å². The molecule has 1 aliphatic carbocycles. The summed E-state index contributed by atoms with van der Waals surface area (Å²) in [5.74, 6) is 3.55. The molecule has 2 aliphatic heterocycles. The standard InChI is InChI=1S/C20H34N6OS/c1-21-19(25-7-10-27-18(15-25)17-13-23-24(2)14-17)22-16-20(5-3-4-6-20)26-8-11-28-12-9-26/h13-14,18H,3-12,15-16H2,1-2H3,(H,21,22). The zero-order chi connectivity index (χ0) is 19.4. The Morgan fingerprint density at radius 2 is 2.11 bits per heavy atom. The highest BCUT2D eigenvalue weighted by molar-refractivity contribution is 7.99. The van der Waals surface area contributed by atoms with Crippen molar-refractivity contribution in [3.05, 3.63) is 18.0 Å². The minimum atomic E-state index is 0.0561. The van der Waals surface area contributed by atoms with Gasteiger partial charge in [0.1, 0.15) is 6.10 Å². The van der Waals surface area contributed by atoms with E-state index < -0.39 is 0 Å². The number of hydrogen-bond donors (Lipinski definition) is 1. The first-order chi connectivity index (χ1) is 13.7. The second-order valence-corrected chi connectivity index (χ2v) is 9.41. The maximum absolute atomic E-state index is 6.01. The topological polar surface area (TPSA) is 57.9 Å². The third kappa shape index (κ3) is 4.33. The second-order valence-electron chi connectivity index (χ2n) is 8.18. The lowest BCUT2D eigenvalue weighted by Crippen LogP contribution is -2.58. The number of ether oxygens (including phenoxy) is 1. The maximum atomic E-state index is 6.01. The zero-order valence-electron chi connectivity index (χ0n) is 17.3. The number of guanidine groups is 1. The lowest BCUT2D eigenvalue weighted by atomic mass is 9.94. The summed E-state index contributed by atoms with van der Waals surface area (Å²) in [7, 11) is 3.85. The molecule has 7 nitrogen and oxygen atoms in total. The van der Waals surface area contributed by atoms with Crippen LogP contribution in [0.4, 0.5) is 0 Å². The Morgan fingerprint density at radius 3 is 2.79 bits per heavy atom. The molecule has 0 aromatic carbocycles. The van der Waals surface area contributed by atoms with Gasteiger partial charge in [-0.2, -0.15) is 16.9 Å². The van der Waals surface area contributed by atoms with Gasteiger partial charge in [-0.25, -0.2) is 0 Å². The van der Waals surface area contributed by atoms with E-state index in [2.05, 4.69) is 37.0 Å². The number of aliphatic imine (C=N–C) groups is 1. The number of aromatic nitrogens is 2. The van der Waals surface area contributed by atoms with Crippen molar-refractivity contribution >= 4 is 17.7 Å². The normalized spacial score (nSPS) is 26.6. The number of nitrogens with zero attached hydrogens (tertiary/aromatic N) is 5. The lowest BCUT2D eigenvalue weighted by Gasteiger charge is -2.44. The van der Waals surface area contributed by atoms with Crippen LogP contribution in [0.5, 0.6) is 0 Å². The molecule has 1 saturated carbocycles. The molecule has 1 aromatic rings. The molecular weight excluding hydrogens is 372 g/mol. The van der Waals surface area contributed by atoms with Gasteiger partial charge in [-0.15, -0.1) is 0 Å². The van der Waals surface area contributed by atoms with E-state index in [1.165, 1.54) is 50.3 Å². The Hall–Kier alpha value is -1.25. The first-order valence-electron chi connectivity index (χ1n) is 10.6. The van der Waals surface area contributed by atoms with E-state index in [4.69, 9.17) is 4.74 Å². The molecule has 0 radical (unpaired) electrons. The molecule has 0 bridgehead atoms. The molecule has 1 atom stereocenters. The monoisotopic (exact) mass is 406 g/mol. The van der Waals surface area contributed by atoms with Crippen molar-refractivity contribution < 1.29 is 4.74 Å². The largest absolute Gasteiger partial charge is 0.370 e. The van der Waals surface area contributed by atoms with Gasteiger partial charge in [-0.1, -0.05) is 12.8 Å². The molecule has 1 unspecified atom stereocenters. The third-order valence-corrected chi connectivity index (χ3v) is 7.41. The summed E-state index contributed by atoms with van der Waals surface area (Å²) < 4.78 is 7.85. The SMILES string of the molecule is CN=C(NCC1(N2CCSCC2)CCCC1)N1CCOC(c2cnn(C)c2)C1. The summed E-state index contributed by atoms with van der Waals surface area (Å²) in [5.41, 5.74) is 1.45. The summed E-state index contributed by atoms with van der Waals surface area (Å²) in [5, 5.41) is 8.04. The zero-order valence-corrected chi connectivity index (χ0v) is 18.1. The quantitative estimate of drug-likeness (QED) is 0.607. The number of hydrogen-bond acceptors (Lipinski definition) is 5. The molecular formula is C20H34N6OS. The van der Waals surface area contributed by atoms with E-state index in [1.807, 2.05) is 31.2 Å². The average Bonchev–Trinajstić information content (AvgIpc) is 3.39. The molecule has 28 heavy (non-hydrogen) atoms.